The quantitative estimate of drug-likeness (QED) is 0.439. The Hall–Kier alpha value is -3.81. The van der Waals surface area contributed by atoms with Crippen LogP contribution < -0.4 is 10.1 Å². The van der Waals surface area contributed by atoms with Gasteiger partial charge in [-0.2, -0.15) is 0 Å². The lowest BCUT2D eigenvalue weighted by atomic mass is 10.1. The van der Waals surface area contributed by atoms with Gasteiger partial charge in [-0.3, -0.25) is 9.78 Å². The Morgan fingerprint density at radius 2 is 2.03 bits per heavy atom. The van der Waals surface area contributed by atoms with Crippen molar-refractivity contribution in [2.45, 2.75) is 19.8 Å². The molecule has 1 aromatic carbocycles. The molecule has 152 valence electrons. The Balaban J connectivity index is 1.55. The van der Waals surface area contributed by atoms with Gasteiger partial charge in [0, 0.05) is 47.9 Å². The summed E-state index contributed by atoms with van der Waals surface area (Å²) in [6.45, 7) is 3.04. The van der Waals surface area contributed by atoms with Crippen LogP contribution in [0.1, 0.15) is 29.5 Å². The number of hydrogen-bond acceptors (Lipinski definition) is 6. The van der Waals surface area contributed by atoms with Gasteiger partial charge in [0.2, 0.25) is 0 Å². The van der Waals surface area contributed by atoms with Gasteiger partial charge in [-0.05, 0) is 43.7 Å². The molecule has 2 N–H and O–H groups in total. The number of aryl methyl sites for hydroxylation is 1. The number of fused-ring (bicyclic) bond motifs is 1. The molecule has 0 unspecified atom stereocenters. The van der Waals surface area contributed by atoms with E-state index in [0.29, 0.717) is 24.2 Å². The Kier molecular flexibility index (Phi) is 5.93. The standard InChI is InChI=1S/C22H22N6O2/c1-2-30-20-13-18(15-7-10-23-11-8-15)27-19-12-16(5-6-17(19)20)22(29)24-9-3-4-21-25-14-26-28-21/h5-8,10-14H,2-4,9H2,1H3,(H,24,29)(H,25,26,28). The summed E-state index contributed by atoms with van der Waals surface area (Å²) in [4.78, 5) is 24.4. The number of H-pyrrole nitrogens is 1. The van der Waals surface area contributed by atoms with Crippen molar-refractivity contribution in [1.29, 1.82) is 0 Å². The van der Waals surface area contributed by atoms with Gasteiger partial charge in [-0.1, -0.05) is 0 Å². The topological polar surface area (TPSA) is 106 Å². The van der Waals surface area contributed by atoms with Gasteiger partial charge in [-0.25, -0.2) is 4.98 Å². The largest absolute Gasteiger partial charge is 0.493 e. The van der Waals surface area contributed by atoms with Crippen molar-refractivity contribution in [3.05, 3.63) is 66.5 Å². The molecule has 3 aromatic heterocycles. The van der Waals surface area contributed by atoms with Gasteiger partial charge < -0.3 is 15.0 Å². The van der Waals surface area contributed by atoms with Gasteiger partial charge >= 0.3 is 0 Å². The van der Waals surface area contributed by atoms with Gasteiger partial charge in [-0.15, -0.1) is 10.2 Å². The minimum Gasteiger partial charge on any atom is -0.493 e. The normalized spacial score (nSPS) is 10.8. The fourth-order valence-corrected chi connectivity index (χ4v) is 3.20. The molecule has 0 spiro atoms. The van der Waals surface area contributed by atoms with Crippen molar-refractivity contribution >= 4 is 16.8 Å². The van der Waals surface area contributed by atoms with Crippen molar-refractivity contribution in [2.75, 3.05) is 13.2 Å². The van der Waals surface area contributed by atoms with Gasteiger partial charge in [0.05, 0.1) is 17.8 Å². The van der Waals surface area contributed by atoms with E-state index in [9.17, 15) is 4.79 Å². The van der Waals surface area contributed by atoms with Crippen LogP contribution in [0.4, 0.5) is 0 Å². The SMILES string of the molecule is CCOc1cc(-c2ccncc2)nc2cc(C(=O)NCCCc3nnc[nH]3)ccc12. The summed E-state index contributed by atoms with van der Waals surface area (Å²) in [5.74, 6) is 1.42. The third kappa shape index (κ3) is 4.43. The van der Waals surface area contributed by atoms with Crippen molar-refractivity contribution in [2.24, 2.45) is 0 Å². The summed E-state index contributed by atoms with van der Waals surface area (Å²) in [6.07, 6.45) is 6.50. The van der Waals surface area contributed by atoms with Crippen LogP contribution in [0.2, 0.25) is 0 Å². The van der Waals surface area contributed by atoms with Crippen LogP contribution in [0.25, 0.3) is 22.2 Å². The zero-order valence-electron chi connectivity index (χ0n) is 16.6. The number of rotatable bonds is 8. The van der Waals surface area contributed by atoms with Crippen molar-refractivity contribution < 1.29 is 9.53 Å². The Morgan fingerprint density at radius 3 is 2.80 bits per heavy atom. The minimum atomic E-state index is -0.136. The highest BCUT2D eigenvalue weighted by Gasteiger charge is 2.12. The van der Waals surface area contributed by atoms with Crippen LogP contribution in [0.5, 0.6) is 5.75 Å². The molecular weight excluding hydrogens is 380 g/mol. The lowest BCUT2D eigenvalue weighted by Crippen LogP contribution is -2.24. The highest BCUT2D eigenvalue weighted by Crippen LogP contribution is 2.30. The Bertz CT molecular complexity index is 1130. The lowest BCUT2D eigenvalue weighted by molar-refractivity contribution is 0.0953. The van der Waals surface area contributed by atoms with Crippen LogP contribution in [-0.2, 0) is 6.42 Å². The van der Waals surface area contributed by atoms with E-state index in [0.717, 1.165) is 41.1 Å². The molecule has 0 radical (unpaired) electrons. The minimum absolute atomic E-state index is 0.136. The van der Waals surface area contributed by atoms with Crippen molar-refractivity contribution in [3.63, 3.8) is 0 Å². The van der Waals surface area contributed by atoms with E-state index in [1.807, 2.05) is 31.2 Å². The average Bonchev–Trinajstić information content (AvgIpc) is 3.30. The molecule has 1 amide bonds. The second-order valence-corrected chi connectivity index (χ2v) is 6.70. The Labute approximate surface area is 173 Å². The van der Waals surface area contributed by atoms with E-state index in [-0.39, 0.29) is 5.91 Å². The fourth-order valence-electron chi connectivity index (χ4n) is 3.20. The fraction of sp³-hybridized carbons (Fsp3) is 0.227. The molecule has 4 rings (SSSR count). The lowest BCUT2D eigenvalue weighted by Gasteiger charge is -2.12. The van der Waals surface area contributed by atoms with E-state index >= 15 is 0 Å². The molecule has 8 heteroatoms. The van der Waals surface area contributed by atoms with Crippen LogP contribution in [0, 0.1) is 0 Å². The second kappa shape index (κ2) is 9.13. The zero-order chi connectivity index (χ0) is 20.8. The highest BCUT2D eigenvalue weighted by atomic mass is 16.5. The number of nitrogens with one attached hydrogen (secondary N) is 2. The van der Waals surface area contributed by atoms with Crippen molar-refractivity contribution in [3.8, 4) is 17.0 Å². The molecule has 30 heavy (non-hydrogen) atoms. The monoisotopic (exact) mass is 402 g/mol. The molecule has 0 atom stereocenters. The molecular formula is C22H22N6O2. The first-order valence-electron chi connectivity index (χ1n) is 9.85. The van der Waals surface area contributed by atoms with Crippen molar-refractivity contribution in [1.82, 2.24) is 30.5 Å². The molecule has 0 aliphatic carbocycles. The van der Waals surface area contributed by atoms with Gasteiger partial charge in [0.25, 0.3) is 5.91 Å². The predicted octanol–water partition coefficient (Wildman–Crippen LogP) is 3.18. The summed E-state index contributed by atoms with van der Waals surface area (Å²) in [7, 11) is 0. The van der Waals surface area contributed by atoms with E-state index in [1.54, 1.807) is 30.9 Å². The molecule has 3 heterocycles. The Morgan fingerprint density at radius 1 is 1.17 bits per heavy atom. The number of carbonyl (C=O) groups excluding carboxylic acids is 1. The van der Waals surface area contributed by atoms with E-state index in [2.05, 4.69) is 25.5 Å². The average molecular weight is 402 g/mol. The van der Waals surface area contributed by atoms with E-state index in [1.165, 1.54) is 0 Å². The summed E-state index contributed by atoms with van der Waals surface area (Å²) < 4.78 is 5.83. The maximum absolute atomic E-state index is 12.6. The highest BCUT2D eigenvalue weighted by molar-refractivity contribution is 5.99. The number of ether oxygens (including phenoxy) is 1. The third-order valence-corrected chi connectivity index (χ3v) is 4.65. The summed E-state index contributed by atoms with van der Waals surface area (Å²) in [5, 5.41) is 11.5. The number of benzene rings is 1. The molecule has 0 fully saturated rings. The molecule has 0 aliphatic heterocycles. The van der Waals surface area contributed by atoms with Crippen LogP contribution in [0.15, 0.2) is 55.1 Å². The van der Waals surface area contributed by atoms with E-state index in [4.69, 9.17) is 9.72 Å². The first kappa shape index (κ1) is 19.5. The summed E-state index contributed by atoms with van der Waals surface area (Å²) >= 11 is 0. The molecule has 0 saturated carbocycles. The first-order chi connectivity index (χ1) is 14.7. The van der Waals surface area contributed by atoms with Crippen LogP contribution in [-0.4, -0.2) is 44.2 Å². The van der Waals surface area contributed by atoms with Crippen LogP contribution >= 0.6 is 0 Å². The number of nitrogens with zero attached hydrogens (tertiary/aromatic N) is 4. The molecule has 4 aromatic rings. The smallest absolute Gasteiger partial charge is 0.251 e. The molecule has 8 nitrogen and oxygen atoms in total. The first-order valence-corrected chi connectivity index (χ1v) is 9.85. The number of amides is 1. The predicted molar refractivity (Wildman–Crippen MR) is 113 cm³/mol. The summed E-state index contributed by atoms with van der Waals surface area (Å²) in [5.41, 5.74) is 2.99. The maximum Gasteiger partial charge on any atom is 0.251 e. The zero-order valence-corrected chi connectivity index (χ0v) is 16.6. The number of pyridine rings is 2. The number of aromatic amines is 1. The summed E-state index contributed by atoms with van der Waals surface area (Å²) in [6, 6.07) is 11.2. The number of aromatic nitrogens is 5. The van der Waals surface area contributed by atoms with Crippen LogP contribution in [0.3, 0.4) is 0 Å². The second-order valence-electron chi connectivity index (χ2n) is 6.70. The third-order valence-electron chi connectivity index (χ3n) is 4.65. The van der Waals surface area contributed by atoms with Gasteiger partial charge in [0.15, 0.2) is 0 Å². The molecule has 0 aliphatic rings. The number of hydrogen-bond donors (Lipinski definition) is 2. The number of carbonyl (C=O) groups is 1. The molecule has 0 saturated heterocycles. The maximum atomic E-state index is 12.6. The van der Waals surface area contributed by atoms with E-state index < -0.39 is 0 Å². The molecule has 0 bridgehead atoms. The van der Waals surface area contributed by atoms with Gasteiger partial charge in [0.1, 0.15) is 17.9 Å².